The smallest absolute Gasteiger partial charge is 0.327 e. The number of aliphatic imine (C=N–C) groups is 1. The van der Waals surface area contributed by atoms with Crippen LogP contribution in [0.5, 0.6) is 0 Å². The first-order chi connectivity index (χ1) is 14.8. The van der Waals surface area contributed by atoms with Gasteiger partial charge in [-0.15, -0.1) is 0 Å². The lowest BCUT2D eigenvalue weighted by Gasteiger charge is -2.46. The topological polar surface area (TPSA) is 163 Å². The highest BCUT2D eigenvalue weighted by Gasteiger charge is 2.69. The van der Waals surface area contributed by atoms with Crippen molar-refractivity contribution in [3.05, 3.63) is 0 Å². The van der Waals surface area contributed by atoms with Gasteiger partial charge in [0.25, 0.3) is 0 Å². The summed E-state index contributed by atoms with van der Waals surface area (Å²) in [6, 6.07) is -1.80. The summed E-state index contributed by atoms with van der Waals surface area (Å²) in [6.07, 6.45) is 0.723. The van der Waals surface area contributed by atoms with Gasteiger partial charge in [-0.2, -0.15) is 0 Å². The van der Waals surface area contributed by atoms with Crippen LogP contribution >= 0.6 is 0 Å². The average Bonchev–Trinajstić information content (AvgIpc) is 3.12. The summed E-state index contributed by atoms with van der Waals surface area (Å²) in [5.41, 5.74) is 10.4. The molecule has 3 fully saturated rings. The monoisotopic (exact) mass is 450 g/mol. The second-order valence-electron chi connectivity index (χ2n) is 10.0. The molecule has 0 unspecified atom stereocenters. The Morgan fingerprint density at radius 3 is 2.03 bits per heavy atom. The number of carboxylic acid groups (broad SMARTS) is 1. The molecule has 11 heteroatoms. The SMILES string of the molecule is CC1(C)C(C(=O)N2CCN(C(=O)N3C(=O)[C@H](CCCN=C(N)N)[C@H]3C(=O)O)CC2)C1(C)C. The maximum atomic E-state index is 12.9. The van der Waals surface area contributed by atoms with Gasteiger partial charge in [-0.1, -0.05) is 27.7 Å². The average molecular weight is 451 g/mol. The van der Waals surface area contributed by atoms with Crippen LogP contribution < -0.4 is 11.5 Å². The lowest BCUT2D eigenvalue weighted by Crippen LogP contribution is -2.69. The molecule has 2 atom stereocenters. The van der Waals surface area contributed by atoms with Gasteiger partial charge >= 0.3 is 12.0 Å². The van der Waals surface area contributed by atoms with Crippen molar-refractivity contribution in [1.82, 2.24) is 14.7 Å². The van der Waals surface area contributed by atoms with Crippen molar-refractivity contribution in [2.45, 2.75) is 46.6 Å². The zero-order valence-electron chi connectivity index (χ0n) is 19.2. The number of piperazine rings is 1. The van der Waals surface area contributed by atoms with Crippen LogP contribution in [0, 0.1) is 22.7 Å². The predicted octanol–water partition coefficient (Wildman–Crippen LogP) is -0.102. The molecule has 2 aliphatic heterocycles. The Hall–Kier alpha value is -2.85. The highest BCUT2D eigenvalue weighted by atomic mass is 16.4. The molecule has 1 aliphatic carbocycles. The third-order valence-corrected chi connectivity index (χ3v) is 7.77. The Bertz CT molecular complexity index is 828. The van der Waals surface area contributed by atoms with E-state index in [0.717, 1.165) is 4.90 Å². The van der Waals surface area contributed by atoms with E-state index in [2.05, 4.69) is 32.7 Å². The van der Waals surface area contributed by atoms with Crippen LogP contribution in [0.3, 0.4) is 0 Å². The number of rotatable bonds is 6. The fourth-order valence-electron chi connectivity index (χ4n) is 5.11. The predicted molar refractivity (Wildman–Crippen MR) is 116 cm³/mol. The Kier molecular flexibility index (Phi) is 6.14. The third-order valence-electron chi connectivity index (χ3n) is 7.77. The zero-order valence-corrected chi connectivity index (χ0v) is 19.2. The first-order valence-corrected chi connectivity index (χ1v) is 11.0. The number of aliphatic carboxylic acids is 1. The van der Waals surface area contributed by atoms with Gasteiger partial charge in [0.1, 0.15) is 0 Å². The van der Waals surface area contributed by atoms with Crippen molar-refractivity contribution < 1.29 is 24.3 Å². The van der Waals surface area contributed by atoms with Crippen molar-refractivity contribution in [2.24, 2.45) is 39.1 Å². The molecule has 5 N–H and O–H groups in total. The molecular weight excluding hydrogens is 416 g/mol. The Labute approximate surface area is 187 Å². The van der Waals surface area contributed by atoms with Crippen LogP contribution in [0.1, 0.15) is 40.5 Å². The van der Waals surface area contributed by atoms with Crippen LogP contribution in [-0.4, -0.2) is 88.3 Å². The number of urea groups is 1. The number of carbonyl (C=O) groups is 4. The summed E-state index contributed by atoms with van der Waals surface area (Å²) < 4.78 is 0. The largest absolute Gasteiger partial charge is 0.480 e. The molecule has 0 bridgehead atoms. The molecule has 0 radical (unpaired) electrons. The van der Waals surface area contributed by atoms with Crippen LogP contribution in [-0.2, 0) is 14.4 Å². The molecule has 2 saturated heterocycles. The number of carbonyl (C=O) groups excluding carboxylic acids is 3. The molecule has 3 rings (SSSR count). The lowest BCUT2D eigenvalue weighted by molar-refractivity contribution is -0.167. The van der Waals surface area contributed by atoms with Crippen molar-refractivity contribution in [3.8, 4) is 0 Å². The molecule has 0 aromatic rings. The molecule has 0 spiro atoms. The van der Waals surface area contributed by atoms with Crippen LogP contribution in [0.4, 0.5) is 4.79 Å². The summed E-state index contributed by atoms with van der Waals surface area (Å²) in [7, 11) is 0. The fraction of sp³-hybridized carbons (Fsp3) is 0.762. The molecule has 32 heavy (non-hydrogen) atoms. The van der Waals surface area contributed by atoms with E-state index < -0.39 is 29.9 Å². The van der Waals surface area contributed by atoms with E-state index in [4.69, 9.17) is 11.5 Å². The molecule has 11 nitrogen and oxygen atoms in total. The van der Waals surface area contributed by atoms with Crippen molar-refractivity contribution >= 4 is 29.8 Å². The Balaban J connectivity index is 1.55. The molecule has 0 aromatic heterocycles. The normalized spacial score (nSPS) is 26.4. The molecule has 4 amide bonds. The van der Waals surface area contributed by atoms with Crippen molar-refractivity contribution in [2.75, 3.05) is 32.7 Å². The quantitative estimate of drug-likeness (QED) is 0.220. The zero-order chi connectivity index (χ0) is 24.0. The van der Waals surface area contributed by atoms with Crippen LogP contribution in [0.2, 0.25) is 0 Å². The second kappa shape index (κ2) is 8.25. The molecular formula is C21H34N6O5. The molecule has 1 saturated carbocycles. The number of amides is 4. The van der Waals surface area contributed by atoms with E-state index in [1.54, 1.807) is 4.90 Å². The fourth-order valence-corrected chi connectivity index (χ4v) is 5.11. The second-order valence-corrected chi connectivity index (χ2v) is 10.0. The maximum absolute atomic E-state index is 12.9. The number of guanidine groups is 1. The van der Waals surface area contributed by atoms with Crippen LogP contribution in [0.15, 0.2) is 4.99 Å². The van der Waals surface area contributed by atoms with E-state index >= 15 is 0 Å². The van der Waals surface area contributed by atoms with Gasteiger partial charge in [0.05, 0.1) is 5.92 Å². The first kappa shape index (κ1) is 23.8. The number of nitrogens with two attached hydrogens (primary N) is 2. The third kappa shape index (κ3) is 3.88. The Morgan fingerprint density at radius 1 is 1.03 bits per heavy atom. The number of β-lactam (4-membered cyclic amide) rings is 1. The summed E-state index contributed by atoms with van der Waals surface area (Å²) in [5, 5.41) is 9.58. The number of likely N-dealkylation sites (tertiary alicyclic amines) is 1. The summed E-state index contributed by atoms with van der Waals surface area (Å²) in [5.74, 6) is -2.50. The minimum Gasteiger partial charge on any atom is -0.480 e. The van der Waals surface area contributed by atoms with Crippen molar-refractivity contribution in [3.63, 3.8) is 0 Å². The maximum Gasteiger partial charge on any atom is 0.327 e. The minimum atomic E-state index is -1.21. The van der Waals surface area contributed by atoms with Gasteiger partial charge < -0.3 is 26.4 Å². The van der Waals surface area contributed by atoms with E-state index in [9.17, 15) is 24.3 Å². The minimum absolute atomic E-state index is 0.0506. The number of hydrogen-bond acceptors (Lipinski definition) is 5. The van der Waals surface area contributed by atoms with Gasteiger partial charge in [-0.25, -0.2) is 14.5 Å². The number of carboxylic acids is 1. The van der Waals surface area contributed by atoms with E-state index in [0.29, 0.717) is 19.5 Å². The highest BCUT2D eigenvalue weighted by Crippen LogP contribution is 2.68. The van der Waals surface area contributed by atoms with Crippen LogP contribution in [0.25, 0.3) is 0 Å². The van der Waals surface area contributed by atoms with E-state index in [1.807, 2.05) is 0 Å². The summed E-state index contributed by atoms with van der Waals surface area (Å²) in [6.45, 7) is 9.91. The summed E-state index contributed by atoms with van der Waals surface area (Å²) in [4.78, 5) is 58.0. The highest BCUT2D eigenvalue weighted by molar-refractivity contribution is 6.07. The van der Waals surface area contributed by atoms with Crippen molar-refractivity contribution in [1.29, 1.82) is 0 Å². The van der Waals surface area contributed by atoms with Gasteiger partial charge in [0.15, 0.2) is 12.0 Å². The summed E-state index contributed by atoms with van der Waals surface area (Å²) >= 11 is 0. The lowest BCUT2D eigenvalue weighted by atomic mass is 9.84. The van der Waals surface area contributed by atoms with Gasteiger partial charge in [0, 0.05) is 38.6 Å². The van der Waals surface area contributed by atoms with Gasteiger partial charge in [-0.05, 0) is 23.7 Å². The molecule has 3 aliphatic rings. The standard InChI is InChI=1S/C21H34N6O5/c1-20(2)14(21(20,3)4)16(29)25-8-10-26(11-9-25)19(32)27-13(17(30)31)12(15(27)28)6-5-7-24-18(22)23/h12-14H,5-11H2,1-4H3,(H,30,31)(H4,22,23,24)/t12-,13+/m1/s1. The molecule has 2 heterocycles. The number of hydrogen-bond donors (Lipinski definition) is 3. The van der Waals surface area contributed by atoms with E-state index in [1.165, 1.54) is 4.90 Å². The van der Waals surface area contributed by atoms with Gasteiger partial charge in [0.2, 0.25) is 11.8 Å². The molecule has 0 aromatic carbocycles. The van der Waals surface area contributed by atoms with E-state index in [-0.39, 0.29) is 54.7 Å². The first-order valence-electron chi connectivity index (χ1n) is 11.0. The molecule has 178 valence electrons. The number of nitrogens with zero attached hydrogens (tertiary/aromatic N) is 4. The van der Waals surface area contributed by atoms with Gasteiger partial charge in [-0.3, -0.25) is 14.6 Å². The Morgan fingerprint density at radius 2 is 1.56 bits per heavy atom. The number of imide groups is 1.